The van der Waals surface area contributed by atoms with Crippen LogP contribution in [0.5, 0.6) is 5.75 Å². The molecule has 5 heteroatoms. The van der Waals surface area contributed by atoms with Crippen LogP contribution < -0.4 is 0 Å². The standard InChI is InChI=1S/C14H18N2O3/c1-8(17)9-6-16-7-10(13(19)14(2,3)4)15-12(16)5-11(9)18/h5-7,13,18-19H,1-4H3. The third kappa shape index (κ3) is 2.46. The van der Waals surface area contributed by atoms with Gasteiger partial charge in [-0.3, -0.25) is 4.79 Å². The van der Waals surface area contributed by atoms with Gasteiger partial charge in [-0.15, -0.1) is 0 Å². The number of aromatic nitrogens is 2. The highest BCUT2D eigenvalue weighted by Crippen LogP contribution is 2.32. The summed E-state index contributed by atoms with van der Waals surface area (Å²) in [5, 5.41) is 20.0. The predicted octanol–water partition coefficient (Wildman–Crippen LogP) is 2.32. The van der Waals surface area contributed by atoms with Crippen molar-refractivity contribution >= 4 is 11.4 Å². The number of aliphatic hydroxyl groups excluding tert-OH is 1. The first-order valence-electron chi connectivity index (χ1n) is 6.11. The van der Waals surface area contributed by atoms with Crippen LogP contribution in [0.2, 0.25) is 0 Å². The molecule has 0 amide bonds. The van der Waals surface area contributed by atoms with Crippen LogP contribution >= 0.6 is 0 Å². The summed E-state index contributed by atoms with van der Waals surface area (Å²) in [5.74, 6) is -0.312. The van der Waals surface area contributed by atoms with Crippen molar-refractivity contribution in [1.29, 1.82) is 0 Å². The van der Waals surface area contributed by atoms with Gasteiger partial charge >= 0.3 is 0 Å². The van der Waals surface area contributed by atoms with Crippen LogP contribution in [-0.2, 0) is 0 Å². The Morgan fingerprint density at radius 3 is 2.53 bits per heavy atom. The molecule has 0 radical (unpaired) electrons. The lowest BCUT2D eigenvalue weighted by Crippen LogP contribution is -2.17. The highest BCUT2D eigenvalue weighted by molar-refractivity contribution is 5.96. The maximum Gasteiger partial charge on any atom is 0.165 e. The first-order valence-corrected chi connectivity index (χ1v) is 6.11. The molecule has 0 saturated heterocycles. The second-order valence-corrected chi connectivity index (χ2v) is 5.83. The highest BCUT2D eigenvalue weighted by Gasteiger charge is 2.26. The Bertz CT molecular complexity index is 638. The summed E-state index contributed by atoms with van der Waals surface area (Å²) in [6.45, 7) is 7.14. The van der Waals surface area contributed by atoms with Gasteiger partial charge in [0.05, 0.1) is 11.3 Å². The summed E-state index contributed by atoms with van der Waals surface area (Å²) in [6.07, 6.45) is 2.49. The molecule has 2 rings (SSSR count). The average Bonchev–Trinajstić information content (AvgIpc) is 2.67. The molecule has 0 fully saturated rings. The van der Waals surface area contributed by atoms with E-state index in [0.29, 0.717) is 11.3 Å². The Balaban J connectivity index is 2.55. The molecule has 0 aliphatic heterocycles. The number of aliphatic hydroxyl groups is 1. The minimum atomic E-state index is -0.713. The van der Waals surface area contributed by atoms with Gasteiger partial charge in [-0.25, -0.2) is 4.98 Å². The van der Waals surface area contributed by atoms with Gasteiger partial charge in [-0.1, -0.05) is 20.8 Å². The van der Waals surface area contributed by atoms with Crippen LogP contribution in [0.15, 0.2) is 18.5 Å². The number of hydrogen-bond donors (Lipinski definition) is 2. The van der Waals surface area contributed by atoms with Crippen molar-refractivity contribution in [3.63, 3.8) is 0 Å². The highest BCUT2D eigenvalue weighted by atomic mass is 16.3. The Morgan fingerprint density at radius 1 is 1.37 bits per heavy atom. The third-order valence-corrected chi connectivity index (χ3v) is 3.07. The van der Waals surface area contributed by atoms with Gasteiger partial charge in [-0.05, 0) is 12.3 Å². The molecule has 1 unspecified atom stereocenters. The van der Waals surface area contributed by atoms with Gasteiger partial charge in [0.1, 0.15) is 17.5 Å². The molecule has 0 aromatic carbocycles. The summed E-state index contributed by atoms with van der Waals surface area (Å²) in [5.41, 5.74) is 0.929. The van der Waals surface area contributed by atoms with Gasteiger partial charge in [0.15, 0.2) is 5.78 Å². The molecule has 0 aliphatic carbocycles. The second kappa shape index (κ2) is 4.35. The van der Waals surface area contributed by atoms with E-state index in [0.717, 1.165) is 0 Å². The van der Waals surface area contributed by atoms with Gasteiger partial charge in [0.2, 0.25) is 0 Å². The van der Waals surface area contributed by atoms with Crippen molar-refractivity contribution in [2.75, 3.05) is 0 Å². The van der Waals surface area contributed by atoms with Crippen LogP contribution in [0, 0.1) is 5.41 Å². The van der Waals surface area contributed by atoms with E-state index >= 15 is 0 Å². The number of nitrogens with zero attached hydrogens (tertiary/aromatic N) is 2. The van der Waals surface area contributed by atoms with Crippen molar-refractivity contribution in [3.8, 4) is 5.75 Å². The number of rotatable bonds is 2. The van der Waals surface area contributed by atoms with E-state index in [1.54, 1.807) is 10.6 Å². The Labute approximate surface area is 111 Å². The second-order valence-electron chi connectivity index (χ2n) is 5.83. The number of carbonyl (C=O) groups is 1. The smallest absolute Gasteiger partial charge is 0.165 e. The summed E-state index contributed by atoms with van der Waals surface area (Å²) >= 11 is 0. The summed E-state index contributed by atoms with van der Waals surface area (Å²) in [6, 6.07) is 1.43. The number of aromatic hydroxyl groups is 1. The molecule has 5 nitrogen and oxygen atoms in total. The summed E-state index contributed by atoms with van der Waals surface area (Å²) in [4.78, 5) is 15.6. The molecule has 0 aliphatic rings. The van der Waals surface area contributed by atoms with Crippen LogP contribution in [-0.4, -0.2) is 25.4 Å². The zero-order valence-corrected chi connectivity index (χ0v) is 11.5. The number of imidazole rings is 1. The Kier molecular flexibility index (Phi) is 3.10. The number of pyridine rings is 1. The molecule has 102 valence electrons. The molecule has 2 N–H and O–H groups in total. The van der Waals surface area contributed by atoms with E-state index in [1.807, 2.05) is 20.8 Å². The molecule has 0 spiro atoms. The lowest BCUT2D eigenvalue weighted by atomic mass is 9.87. The summed E-state index contributed by atoms with van der Waals surface area (Å²) < 4.78 is 1.64. The Hall–Kier alpha value is -1.88. The minimum absolute atomic E-state index is 0.0950. The van der Waals surface area contributed by atoms with Crippen LogP contribution in [0.4, 0.5) is 0 Å². The molecule has 0 saturated carbocycles. The fourth-order valence-corrected chi connectivity index (χ4v) is 1.89. The van der Waals surface area contributed by atoms with Crippen molar-refractivity contribution in [2.24, 2.45) is 5.41 Å². The minimum Gasteiger partial charge on any atom is -0.507 e. The predicted molar refractivity (Wildman–Crippen MR) is 71.3 cm³/mol. The SMILES string of the molecule is CC(=O)c1cn2cc(C(O)C(C)(C)C)nc2cc1O. The van der Waals surface area contributed by atoms with Gasteiger partial charge in [0, 0.05) is 18.5 Å². The van der Waals surface area contributed by atoms with E-state index in [9.17, 15) is 15.0 Å². The maximum absolute atomic E-state index is 11.4. The van der Waals surface area contributed by atoms with Crippen molar-refractivity contribution in [3.05, 3.63) is 29.7 Å². The van der Waals surface area contributed by atoms with E-state index in [-0.39, 0.29) is 22.5 Å². The lowest BCUT2D eigenvalue weighted by Gasteiger charge is -2.23. The summed E-state index contributed by atoms with van der Waals surface area (Å²) in [7, 11) is 0. The number of hydrogen-bond acceptors (Lipinski definition) is 4. The van der Waals surface area contributed by atoms with Crippen molar-refractivity contribution in [2.45, 2.75) is 33.8 Å². The number of fused-ring (bicyclic) bond motifs is 1. The Morgan fingerprint density at radius 2 is 2.00 bits per heavy atom. The molecule has 2 heterocycles. The molecule has 19 heavy (non-hydrogen) atoms. The van der Waals surface area contributed by atoms with E-state index in [1.165, 1.54) is 19.2 Å². The van der Waals surface area contributed by atoms with E-state index in [4.69, 9.17) is 0 Å². The normalized spacial score (nSPS) is 13.7. The fourth-order valence-electron chi connectivity index (χ4n) is 1.89. The molecule has 2 aromatic heterocycles. The van der Waals surface area contributed by atoms with Gasteiger partial charge in [-0.2, -0.15) is 0 Å². The van der Waals surface area contributed by atoms with E-state index < -0.39 is 6.10 Å². The zero-order valence-electron chi connectivity index (χ0n) is 11.5. The topological polar surface area (TPSA) is 74.8 Å². The number of ketones is 1. The van der Waals surface area contributed by atoms with E-state index in [2.05, 4.69) is 4.98 Å². The monoisotopic (exact) mass is 262 g/mol. The van der Waals surface area contributed by atoms with Gasteiger partial charge < -0.3 is 14.6 Å². The van der Waals surface area contributed by atoms with Crippen LogP contribution in [0.1, 0.15) is 49.9 Å². The molecular weight excluding hydrogens is 244 g/mol. The lowest BCUT2D eigenvalue weighted by molar-refractivity contribution is 0.0594. The zero-order chi connectivity index (χ0) is 14.4. The first-order chi connectivity index (χ1) is 8.70. The third-order valence-electron chi connectivity index (χ3n) is 3.07. The number of carbonyl (C=O) groups excluding carboxylic acids is 1. The van der Waals surface area contributed by atoms with Crippen molar-refractivity contribution in [1.82, 2.24) is 9.38 Å². The molecule has 2 aromatic rings. The van der Waals surface area contributed by atoms with Crippen LogP contribution in [0.25, 0.3) is 5.65 Å². The van der Waals surface area contributed by atoms with Crippen molar-refractivity contribution < 1.29 is 15.0 Å². The number of Topliss-reactive ketones (excluding diaryl/α,β-unsaturated/α-hetero) is 1. The first kappa shape index (κ1) is 13.5. The largest absolute Gasteiger partial charge is 0.507 e. The molecular formula is C14H18N2O3. The molecule has 1 atom stereocenters. The molecule has 0 bridgehead atoms. The average molecular weight is 262 g/mol. The quantitative estimate of drug-likeness (QED) is 0.814. The fraction of sp³-hybridized carbons (Fsp3) is 0.429. The van der Waals surface area contributed by atoms with Crippen LogP contribution in [0.3, 0.4) is 0 Å². The maximum atomic E-state index is 11.4. The van der Waals surface area contributed by atoms with Gasteiger partial charge in [0.25, 0.3) is 0 Å².